The Bertz CT molecular complexity index is 614. The molecule has 0 radical (unpaired) electrons. The Morgan fingerprint density at radius 1 is 1.25 bits per heavy atom. The Hall–Kier alpha value is -0.360. The Kier molecular flexibility index (Phi) is 4.50. The van der Waals surface area contributed by atoms with Crippen molar-refractivity contribution < 1.29 is 4.74 Å². The van der Waals surface area contributed by atoms with Crippen molar-refractivity contribution >= 4 is 43.2 Å². The number of fused-ring (bicyclic) bond motifs is 1. The maximum atomic E-state index is 6.24. The maximum absolute atomic E-state index is 6.24. The molecule has 5 heteroatoms. The summed E-state index contributed by atoms with van der Waals surface area (Å²) in [6.45, 7) is 2.08. The van der Waals surface area contributed by atoms with E-state index in [1.54, 1.807) is 11.3 Å². The van der Waals surface area contributed by atoms with Crippen molar-refractivity contribution in [2.45, 2.75) is 19.1 Å². The summed E-state index contributed by atoms with van der Waals surface area (Å²) < 4.78 is 8.30. The molecule has 0 saturated carbocycles. The first kappa shape index (κ1) is 14.6. The van der Waals surface area contributed by atoms with Crippen molar-refractivity contribution in [1.82, 2.24) is 4.90 Å². The lowest BCUT2D eigenvalue weighted by molar-refractivity contribution is 0.185. The minimum Gasteiger partial charge on any atom is -0.485 e. The first-order valence-corrected chi connectivity index (χ1v) is 8.96. The summed E-state index contributed by atoms with van der Waals surface area (Å²) in [7, 11) is 2.17. The van der Waals surface area contributed by atoms with Gasteiger partial charge in [0.2, 0.25) is 0 Å². The van der Waals surface area contributed by atoms with Gasteiger partial charge < -0.3 is 9.64 Å². The number of hydrogen-bond donors (Lipinski definition) is 0. The van der Waals surface area contributed by atoms with Crippen LogP contribution < -0.4 is 4.74 Å². The summed E-state index contributed by atoms with van der Waals surface area (Å²) >= 11 is 8.82. The molecule has 1 unspecified atom stereocenters. The van der Waals surface area contributed by atoms with Gasteiger partial charge in [0.05, 0.1) is 0 Å². The van der Waals surface area contributed by atoms with Crippen LogP contribution in [0.5, 0.6) is 5.75 Å². The van der Waals surface area contributed by atoms with E-state index in [1.807, 2.05) is 18.2 Å². The quantitative estimate of drug-likeness (QED) is 0.664. The molecule has 0 bridgehead atoms. The van der Waals surface area contributed by atoms with E-state index in [9.17, 15) is 0 Å². The fourth-order valence-electron chi connectivity index (χ4n) is 2.43. The van der Waals surface area contributed by atoms with Crippen LogP contribution in [0.1, 0.15) is 23.0 Å². The van der Waals surface area contributed by atoms with Crippen LogP contribution in [0.4, 0.5) is 0 Å². The summed E-state index contributed by atoms with van der Waals surface area (Å²) in [6, 6.07) is 8.26. The molecule has 1 atom stereocenters. The first-order valence-electron chi connectivity index (χ1n) is 6.50. The van der Waals surface area contributed by atoms with Gasteiger partial charge in [-0.2, -0.15) is 0 Å². The normalized spacial score (nSPS) is 19.4. The highest BCUT2D eigenvalue weighted by molar-refractivity contribution is 9.13. The highest BCUT2D eigenvalue weighted by Gasteiger charge is 2.23. The molecule has 0 saturated heterocycles. The number of benzene rings is 1. The van der Waals surface area contributed by atoms with Gasteiger partial charge in [0, 0.05) is 33.3 Å². The third-order valence-corrected chi connectivity index (χ3v) is 6.39. The monoisotopic (exact) mass is 415 g/mol. The highest BCUT2D eigenvalue weighted by Crippen LogP contribution is 2.36. The third kappa shape index (κ3) is 3.11. The minimum absolute atomic E-state index is 0.156. The van der Waals surface area contributed by atoms with Crippen molar-refractivity contribution in [2.24, 2.45) is 0 Å². The predicted octanol–water partition coefficient (Wildman–Crippen LogP) is 5.23. The number of thiophene rings is 1. The van der Waals surface area contributed by atoms with Gasteiger partial charge in [-0.05, 0) is 74.1 Å². The summed E-state index contributed by atoms with van der Waals surface area (Å²) in [5, 5.41) is 2.16. The first-order chi connectivity index (χ1) is 9.63. The fourth-order valence-corrected chi connectivity index (χ4v) is 4.01. The topological polar surface area (TPSA) is 12.5 Å². The molecule has 0 spiro atoms. The second-order valence-electron chi connectivity index (χ2n) is 5.02. The minimum atomic E-state index is 0.156. The molecule has 1 aliphatic heterocycles. The van der Waals surface area contributed by atoms with Gasteiger partial charge in [0.1, 0.15) is 11.9 Å². The zero-order valence-electron chi connectivity index (χ0n) is 11.1. The molecule has 2 aromatic rings. The lowest BCUT2D eigenvalue weighted by Gasteiger charge is -2.18. The molecule has 3 rings (SSSR count). The standard InChI is InChI=1S/C15H15Br2NOS/c1-18-6-4-14(15-10(9-18)5-7-20-15)19-11-2-3-12(16)13(17)8-11/h2-3,5,7-8,14H,4,6,9H2,1H3. The lowest BCUT2D eigenvalue weighted by Crippen LogP contribution is -2.18. The Labute approximate surface area is 140 Å². The average molecular weight is 417 g/mol. The second kappa shape index (κ2) is 6.18. The van der Waals surface area contributed by atoms with Gasteiger partial charge in [0.15, 0.2) is 0 Å². The van der Waals surface area contributed by atoms with Gasteiger partial charge in [0.25, 0.3) is 0 Å². The molecule has 0 N–H and O–H groups in total. The summed E-state index contributed by atoms with van der Waals surface area (Å²) in [5.41, 5.74) is 1.40. The van der Waals surface area contributed by atoms with Crippen LogP contribution in [0.3, 0.4) is 0 Å². The zero-order chi connectivity index (χ0) is 14.1. The van der Waals surface area contributed by atoms with Crippen molar-refractivity contribution in [3.63, 3.8) is 0 Å². The molecule has 1 aliphatic rings. The van der Waals surface area contributed by atoms with Crippen LogP contribution in [0.2, 0.25) is 0 Å². The molecular formula is C15H15Br2NOS. The Balaban J connectivity index is 1.85. The molecule has 2 nitrogen and oxygen atoms in total. The van der Waals surface area contributed by atoms with Gasteiger partial charge in [-0.3, -0.25) is 0 Å². The third-order valence-electron chi connectivity index (χ3n) is 3.46. The molecule has 20 heavy (non-hydrogen) atoms. The molecule has 0 aliphatic carbocycles. The highest BCUT2D eigenvalue weighted by atomic mass is 79.9. The smallest absolute Gasteiger partial charge is 0.134 e. The van der Waals surface area contributed by atoms with E-state index >= 15 is 0 Å². The van der Waals surface area contributed by atoms with Crippen molar-refractivity contribution in [1.29, 1.82) is 0 Å². The van der Waals surface area contributed by atoms with Crippen molar-refractivity contribution in [3.05, 3.63) is 49.0 Å². The van der Waals surface area contributed by atoms with Gasteiger partial charge >= 0.3 is 0 Å². The summed E-state index contributed by atoms with van der Waals surface area (Å²) in [5.74, 6) is 0.911. The molecule has 0 amide bonds. The van der Waals surface area contributed by atoms with Crippen molar-refractivity contribution in [3.8, 4) is 5.75 Å². The number of ether oxygens (including phenoxy) is 1. The van der Waals surface area contributed by atoms with E-state index in [0.29, 0.717) is 0 Å². The van der Waals surface area contributed by atoms with Crippen LogP contribution in [0.25, 0.3) is 0 Å². The summed E-state index contributed by atoms with van der Waals surface area (Å²) in [6.07, 6.45) is 1.18. The van der Waals surface area contributed by atoms with E-state index in [1.165, 1.54) is 10.4 Å². The number of rotatable bonds is 2. The summed E-state index contributed by atoms with van der Waals surface area (Å²) in [4.78, 5) is 3.72. The maximum Gasteiger partial charge on any atom is 0.134 e. The Morgan fingerprint density at radius 3 is 2.90 bits per heavy atom. The molecule has 106 valence electrons. The molecule has 0 fully saturated rings. The average Bonchev–Trinajstić information content (AvgIpc) is 2.81. The van der Waals surface area contributed by atoms with Crippen LogP contribution >= 0.6 is 43.2 Å². The van der Waals surface area contributed by atoms with Crippen LogP contribution in [0, 0.1) is 0 Å². The number of nitrogens with zero attached hydrogens (tertiary/aromatic N) is 1. The van der Waals surface area contributed by atoms with E-state index in [2.05, 4.69) is 55.3 Å². The second-order valence-corrected chi connectivity index (χ2v) is 7.68. The largest absolute Gasteiger partial charge is 0.485 e. The van der Waals surface area contributed by atoms with Crippen LogP contribution in [0.15, 0.2) is 38.6 Å². The van der Waals surface area contributed by atoms with Crippen LogP contribution in [-0.2, 0) is 6.54 Å². The van der Waals surface area contributed by atoms with E-state index in [4.69, 9.17) is 4.74 Å². The van der Waals surface area contributed by atoms with E-state index < -0.39 is 0 Å². The van der Waals surface area contributed by atoms with Gasteiger partial charge in [-0.15, -0.1) is 11.3 Å². The molecular weight excluding hydrogens is 402 g/mol. The fraction of sp³-hybridized carbons (Fsp3) is 0.333. The molecule has 1 aromatic carbocycles. The van der Waals surface area contributed by atoms with E-state index in [-0.39, 0.29) is 6.10 Å². The van der Waals surface area contributed by atoms with Gasteiger partial charge in [-0.25, -0.2) is 0 Å². The zero-order valence-corrected chi connectivity index (χ0v) is 15.1. The molecule has 2 heterocycles. The SMILES string of the molecule is CN1CCC(Oc2ccc(Br)c(Br)c2)c2sccc2C1. The Morgan fingerprint density at radius 2 is 2.10 bits per heavy atom. The van der Waals surface area contributed by atoms with E-state index in [0.717, 1.165) is 34.2 Å². The molecule has 1 aromatic heterocycles. The van der Waals surface area contributed by atoms with Gasteiger partial charge in [-0.1, -0.05) is 0 Å². The lowest BCUT2D eigenvalue weighted by atomic mass is 10.1. The number of hydrogen-bond acceptors (Lipinski definition) is 3. The number of halogens is 2. The predicted molar refractivity (Wildman–Crippen MR) is 90.5 cm³/mol. The van der Waals surface area contributed by atoms with Crippen LogP contribution in [-0.4, -0.2) is 18.5 Å². The van der Waals surface area contributed by atoms with Crippen molar-refractivity contribution in [2.75, 3.05) is 13.6 Å².